The van der Waals surface area contributed by atoms with Crippen LogP contribution in [0.4, 0.5) is 0 Å². The average molecular weight is 238 g/mol. The highest BCUT2D eigenvalue weighted by molar-refractivity contribution is 7.10. The molecule has 5 heteroatoms. The summed E-state index contributed by atoms with van der Waals surface area (Å²) in [6.45, 7) is 0. The van der Waals surface area contributed by atoms with Crippen LogP contribution in [-0.4, -0.2) is 19.4 Å². The summed E-state index contributed by atoms with van der Waals surface area (Å²) in [6.07, 6.45) is 3.08. The van der Waals surface area contributed by atoms with E-state index in [1.54, 1.807) is 6.26 Å². The monoisotopic (exact) mass is 238 g/mol. The van der Waals surface area contributed by atoms with Gasteiger partial charge in [-0.25, -0.2) is 4.79 Å². The molecule has 0 saturated carbocycles. The summed E-state index contributed by atoms with van der Waals surface area (Å²) < 4.78 is 15.6. The van der Waals surface area contributed by atoms with Crippen LogP contribution in [0.3, 0.4) is 0 Å². The molecule has 1 aromatic heterocycles. The Balaban J connectivity index is 2.03. The molecule has 0 N–H and O–H groups in total. The van der Waals surface area contributed by atoms with Crippen LogP contribution in [0.5, 0.6) is 0 Å². The van der Waals surface area contributed by atoms with Gasteiger partial charge in [0, 0.05) is 4.88 Å². The fourth-order valence-corrected chi connectivity index (χ4v) is 3.05. The highest BCUT2D eigenvalue weighted by Crippen LogP contribution is 2.52. The second kappa shape index (κ2) is 3.33. The molecule has 0 spiro atoms. The zero-order valence-electron chi connectivity index (χ0n) is 8.58. The van der Waals surface area contributed by atoms with E-state index in [2.05, 4.69) is 0 Å². The van der Waals surface area contributed by atoms with Gasteiger partial charge in [0.15, 0.2) is 0 Å². The van der Waals surface area contributed by atoms with E-state index < -0.39 is 5.60 Å². The van der Waals surface area contributed by atoms with Crippen LogP contribution in [-0.2, 0) is 24.6 Å². The van der Waals surface area contributed by atoms with E-state index in [4.69, 9.17) is 14.2 Å². The Labute approximate surface area is 96.4 Å². The number of carbonyl (C=O) groups excluding carboxylic acids is 1. The molecular formula is C11H10O4S. The van der Waals surface area contributed by atoms with Crippen molar-refractivity contribution in [3.05, 3.63) is 34.7 Å². The molecule has 4 nitrogen and oxygen atoms in total. The third-order valence-electron chi connectivity index (χ3n) is 2.94. The van der Waals surface area contributed by atoms with Crippen LogP contribution in [0.1, 0.15) is 4.88 Å². The lowest BCUT2D eigenvalue weighted by molar-refractivity contribution is -0.313. The van der Waals surface area contributed by atoms with E-state index >= 15 is 0 Å². The smallest absolute Gasteiger partial charge is 0.344 e. The fourth-order valence-electron chi connectivity index (χ4n) is 2.15. The third kappa shape index (κ3) is 1.04. The second-order valence-electron chi connectivity index (χ2n) is 3.68. The largest absolute Gasteiger partial charge is 0.472 e. The fraction of sp³-hybridized carbons (Fsp3) is 0.364. The van der Waals surface area contributed by atoms with E-state index in [1.165, 1.54) is 18.4 Å². The number of methoxy groups -OCH3 is 1. The molecule has 1 fully saturated rings. The Kier molecular flexibility index (Phi) is 2.05. The summed E-state index contributed by atoms with van der Waals surface area (Å²) in [5.41, 5.74) is -0.999. The van der Waals surface area contributed by atoms with Gasteiger partial charge in [-0.05, 0) is 17.5 Å². The van der Waals surface area contributed by atoms with Crippen molar-refractivity contribution < 1.29 is 19.0 Å². The van der Waals surface area contributed by atoms with Crippen molar-refractivity contribution in [2.45, 2.75) is 11.9 Å². The van der Waals surface area contributed by atoms with Gasteiger partial charge in [-0.15, -0.1) is 11.3 Å². The van der Waals surface area contributed by atoms with Gasteiger partial charge in [0.2, 0.25) is 11.9 Å². The number of ether oxygens (including phenoxy) is 3. The Morgan fingerprint density at radius 3 is 3.12 bits per heavy atom. The molecule has 0 unspecified atom stereocenters. The van der Waals surface area contributed by atoms with Gasteiger partial charge in [-0.2, -0.15) is 0 Å². The number of fused-ring (bicyclic) bond motifs is 1. The first kappa shape index (κ1) is 9.86. The number of thiophene rings is 1. The van der Waals surface area contributed by atoms with Crippen molar-refractivity contribution in [1.29, 1.82) is 0 Å². The molecule has 0 amide bonds. The normalized spacial score (nSPS) is 35.1. The van der Waals surface area contributed by atoms with Gasteiger partial charge in [0.25, 0.3) is 0 Å². The minimum atomic E-state index is -0.999. The quantitative estimate of drug-likeness (QED) is 0.735. The Bertz CT molecular complexity index is 439. The van der Waals surface area contributed by atoms with Gasteiger partial charge < -0.3 is 14.2 Å². The first-order chi connectivity index (χ1) is 7.79. The van der Waals surface area contributed by atoms with Crippen molar-refractivity contribution in [2.75, 3.05) is 7.11 Å². The molecule has 0 radical (unpaired) electrons. The summed E-state index contributed by atoms with van der Waals surface area (Å²) in [7, 11) is 1.37. The van der Waals surface area contributed by atoms with Crippen molar-refractivity contribution in [2.24, 2.45) is 5.92 Å². The van der Waals surface area contributed by atoms with Gasteiger partial charge in [-0.1, -0.05) is 6.07 Å². The first-order valence-corrected chi connectivity index (χ1v) is 5.79. The van der Waals surface area contributed by atoms with E-state index in [9.17, 15) is 4.79 Å². The highest BCUT2D eigenvalue weighted by Gasteiger charge is 2.65. The summed E-state index contributed by atoms with van der Waals surface area (Å²) in [4.78, 5) is 12.8. The van der Waals surface area contributed by atoms with Crippen LogP contribution in [0, 0.1) is 5.92 Å². The van der Waals surface area contributed by atoms with Gasteiger partial charge in [0.05, 0.1) is 19.3 Å². The number of carbonyl (C=O) groups is 1. The lowest BCUT2D eigenvalue weighted by Gasteiger charge is -2.46. The molecular weight excluding hydrogens is 228 g/mol. The van der Waals surface area contributed by atoms with Crippen LogP contribution < -0.4 is 0 Å². The number of hydrogen-bond donors (Lipinski definition) is 0. The zero-order valence-corrected chi connectivity index (χ0v) is 9.40. The molecule has 1 aromatic rings. The lowest BCUT2D eigenvalue weighted by Crippen LogP contribution is -2.60. The van der Waals surface area contributed by atoms with Crippen molar-refractivity contribution in [3.63, 3.8) is 0 Å². The summed E-state index contributed by atoms with van der Waals surface area (Å²) >= 11 is 1.48. The Morgan fingerprint density at radius 2 is 2.50 bits per heavy atom. The predicted molar refractivity (Wildman–Crippen MR) is 56.6 cm³/mol. The molecule has 2 aliphatic rings. The molecule has 16 heavy (non-hydrogen) atoms. The van der Waals surface area contributed by atoms with E-state index in [-0.39, 0.29) is 18.2 Å². The minimum Gasteiger partial charge on any atom is -0.472 e. The summed E-state index contributed by atoms with van der Waals surface area (Å²) in [5.74, 6) is -0.454. The average Bonchev–Trinajstić information content (AvgIpc) is 2.90. The van der Waals surface area contributed by atoms with Crippen LogP contribution in [0.25, 0.3) is 0 Å². The maximum atomic E-state index is 11.9. The minimum absolute atomic E-state index is 0.0846. The molecule has 0 bridgehead atoms. The Hall–Kier alpha value is -1.33. The standard InChI is InChI=1S/C11H10O4S/c1-13-10(12)11(8-3-2-6-16-8)7-4-5-14-9(7)15-11/h2-7,9H,1H3/t7-,9-,11+/m1/s1. The first-order valence-electron chi connectivity index (χ1n) is 4.91. The third-order valence-corrected chi connectivity index (χ3v) is 3.93. The molecule has 3 heterocycles. The number of esters is 1. The maximum Gasteiger partial charge on any atom is 0.344 e. The topological polar surface area (TPSA) is 44.8 Å². The van der Waals surface area contributed by atoms with Gasteiger partial charge in [-0.3, -0.25) is 0 Å². The molecule has 3 atom stereocenters. The second-order valence-corrected chi connectivity index (χ2v) is 4.63. The molecule has 3 rings (SSSR count). The zero-order chi connectivity index (χ0) is 11.2. The van der Waals surface area contributed by atoms with Crippen LogP contribution >= 0.6 is 11.3 Å². The number of hydrogen-bond acceptors (Lipinski definition) is 5. The molecule has 1 saturated heterocycles. The Morgan fingerprint density at radius 1 is 1.62 bits per heavy atom. The molecule has 2 aliphatic heterocycles. The van der Waals surface area contributed by atoms with Crippen molar-refractivity contribution in [1.82, 2.24) is 0 Å². The molecule has 0 aromatic carbocycles. The van der Waals surface area contributed by atoms with E-state index in [0.29, 0.717) is 0 Å². The van der Waals surface area contributed by atoms with Crippen molar-refractivity contribution in [3.8, 4) is 0 Å². The van der Waals surface area contributed by atoms with Crippen LogP contribution in [0.15, 0.2) is 29.9 Å². The maximum absolute atomic E-state index is 11.9. The van der Waals surface area contributed by atoms with Gasteiger partial charge in [0.1, 0.15) is 0 Å². The molecule has 84 valence electrons. The highest BCUT2D eigenvalue weighted by atomic mass is 32.1. The summed E-state index contributed by atoms with van der Waals surface area (Å²) in [6, 6.07) is 3.77. The van der Waals surface area contributed by atoms with E-state index in [1.807, 2.05) is 23.6 Å². The van der Waals surface area contributed by atoms with Crippen LogP contribution in [0.2, 0.25) is 0 Å². The predicted octanol–water partition coefficient (Wildman–Crippen LogP) is 1.63. The van der Waals surface area contributed by atoms with Crippen molar-refractivity contribution >= 4 is 17.3 Å². The molecule has 0 aliphatic carbocycles. The van der Waals surface area contributed by atoms with E-state index in [0.717, 1.165) is 4.88 Å². The lowest BCUT2D eigenvalue weighted by atomic mass is 9.80. The number of rotatable bonds is 2. The van der Waals surface area contributed by atoms with Gasteiger partial charge >= 0.3 is 5.97 Å². The SMILES string of the molecule is COC(=O)[C@]1(c2cccs2)O[C@H]2OC=C[C@H]21. The summed E-state index contributed by atoms with van der Waals surface area (Å²) in [5, 5.41) is 1.91.